The number of para-hydroxylation sites is 2. The van der Waals surface area contributed by atoms with Crippen molar-refractivity contribution in [3.63, 3.8) is 0 Å². The Balaban J connectivity index is 1.66. The van der Waals surface area contributed by atoms with Crippen LogP contribution < -0.4 is 19.9 Å². The van der Waals surface area contributed by atoms with Gasteiger partial charge in [-0.3, -0.25) is 4.79 Å². The van der Waals surface area contributed by atoms with E-state index in [-0.39, 0.29) is 18.4 Å². The number of nitrogens with one attached hydrogen (secondary N) is 1. The molecule has 33 heavy (non-hydrogen) atoms. The van der Waals surface area contributed by atoms with Crippen LogP contribution in [0.4, 0.5) is 24.5 Å². The van der Waals surface area contributed by atoms with Crippen LogP contribution in [0.1, 0.15) is 11.1 Å². The van der Waals surface area contributed by atoms with Gasteiger partial charge in [0.2, 0.25) is 5.91 Å². The zero-order valence-corrected chi connectivity index (χ0v) is 18.7. The van der Waals surface area contributed by atoms with Gasteiger partial charge in [-0.1, -0.05) is 12.1 Å². The minimum absolute atomic E-state index is 0.174. The summed E-state index contributed by atoms with van der Waals surface area (Å²) in [6.07, 6.45) is -4.18. The third-order valence-corrected chi connectivity index (χ3v) is 6.41. The summed E-state index contributed by atoms with van der Waals surface area (Å²) in [5.41, 5.74) is 1.58. The monoisotopic (exact) mass is 463 g/mol. The Labute approximate surface area is 191 Å². The number of hydrogen-bond donors (Lipinski definition) is 1. The lowest BCUT2D eigenvalue weighted by Gasteiger charge is -2.49. The van der Waals surface area contributed by atoms with Gasteiger partial charge in [0.15, 0.2) is 0 Å². The normalized spacial score (nSPS) is 20.2. The van der Waals surface area contributed by atoms with E-state index in [1.807, 2.05) is 24.3 Å². The zero-order chi connectivity index (χ0) is 23.6. The molecule has 2 heterocycles. The van der Waals surface area contributed by atoms with Gasteiger partial charge in [0, 0.05) is 39.0 Å². The molecule has 0 aromatic heterocycles. The number of piperazine rings is 1. The first kappa shape index (κ1) is 23.2. The van der Waals surface area contributed by atoms with Crippen molar-refractivity contribution in [1.82, 2.24) is 5.32 Å². The smallest absolute Gasteiger partial charge is 0.416 e. The van der Waals surface area contributed by atoms with E-state index in [1.54, 1.807) is 20.3 Å². The molecule has 0 unspecified atom stereocenters. The molecule has 1 fully saturated rings. The predicted octanol–water partition coefficient (Wildman–Crippen LogP) is 3.34. The fourth-order valence-electron chi connectivity index (χ4n) is 4.82. The average Bonchev–Trinajstić information content (AvgIpc) is 2.82. The topological polar surface area (TPSA) is 54.0 Å². The van der Waals surface area contributed by atoms with E-state index in [4.69, 9.17) is 9.47 Å². The molecule has 2 aliphatic rings. The minimum atomic E-state index is -4.43. The fourth-order valence-corrected chi connectivity index (χ4v) is 4.82. The molecule has 0 bridgehead atoms. The van der Waals surface area contributed by atoms with Gasteiger partial charge in [-0.05, 0) is 42.3 Å². The number of halogens is 3. The quantitative estimate of drug-likeness (QED) is 0.666. The Bertz CT molecular complexity index is 998. The Morgan fingerprint density at radius 3 is 2.64 bits per heavy atom. The number of benzene rings is 2. The van der Waals surface area contributed by atoms with Crippen molar-refractivity contribution in [2.75, 3.05) is 56.8 Å². The molecule has 1 saturated heterocycles. The van der Waals surface area contributed by atoms with E-state index in [0.29, 0.717) is 38.3 Å². The third kappa shape index (κ3) is 4.73. The molecular weight excluding hydrogens is 435 g/mol. The van der Waals surface area contributed by atoms with Crippen molar-refractivity contribution in [3.8, 4) is 5.75 Å². The number of fused-ring (bicyclic) bond motifs is 3. The van der Waals surface area contributed by atoms with Gasteiger partial charge in [0.25, 0.3) is 0 Å². The largest absolute Gasteiger partial charge is 0.495 e. The van der Waals surface area contributed by atoms with Gasteiger partial charge in [-0.25, -0.2) is 0 Å². The van der Waals surface area contributed by atoms with Gasteiger partial charge in [-0.15, -0.1) is 0 Å². The summed E-state index contributed by atoms with van der Waals surface area (Å²) < 4.78 is 50.6. The highest BCUT2D eigenvalue weighted by atomic mass is 19.4. The summed E-state index contributed by atoms with van der Waals surface area (Å²) in [6.45, 7) is 2.53. The summed E-state index contributed by atoms with van der Waals surface area (Å²) in [4.78, 5) is 17.4. The molecule has 178 valence electrons. The molecule has 1 N–H and O–H groups in total. The molecule has 2 aliphatic heterocycles. The van der Waals surface area contributed by atoms with Crippen molar-refractivity contribution in [3.05, 3.63) is 53.6 Å². The first-order valence-corrected chi connectivity index (χ1v) is 10.9. The first-order chi connectivity index (χ1) is 15.8. The van der Waals surface area contributed by atoms with Gasteiger partial charge in [0.05, 0.1) is 36.9 Å². The molecule has 9 heteroatoms. The van der Waals surface area contributed by atoms with Crippen molar-refractivity contribution in [1.29, 1.82) is 0 Å². The maximum absolute atomic E-state index is 13.3. The number of amides is 1. The van der Waals surface area contributed by atoms with E-state index >= 15 is 0 Å². The number of alkyl halides is 3. The standard InChI is InChI=1S/C24H28F3N3O3/c1-32-12-9-28-23(31)18-14-16-13-17(24(25,26)27)7-8-19(16)30-11-10-29(15-21(18)30)20-5-3-4-6-22(20)33-2/h3-8,13,18,21H,9-12,14-15H2,1-2H3,(H,28,31)/t18-,21+/m0/s1. The lowest BCUT2D eigenvalue weighted by atomic mass is 9.82. The summed E-state index contributed by atoms with van der Waals surface area (Å²) >= 11 is 0. The summed E-state index contributed by atoms with van der Waals surface area (Å²) in [7, 11) is 3.17. The van der Waals surface area contributed by atoms with Gasteiger partial charge in [-0.2, -0.15) is 13.2 Å². The molecule has 6 nitrogen and oxygen atoms in total. The Morgan fingerprint density at radius 2 is 1.91 bits per heavy atom. The van der Waals surface area contributed by atoms with Gasteiger partial charge >= 0.3 is 6.18 Å². The first-order valence-electron chi connectivity index (χ1n) is 10.9. The summed E-state index contributed by atoms with van der Waals surface area (Å²) in [6, 6.07) is 11.4. The predicted molar refractivity (Wildman–Crippen MR) is 120 cm³/mol. The van der Waals surface area contributed by atoms with Crippen molar-refractivity contribution < 1.29 is 27.4 Å². The lowest BCUT2D eigenvalue weighted by molar-refractivity contribution is -0.137. The Kier molecular flexibility index (Phi) is 6.69. The van der Waals surface area contributed by atoms with Crippen LogP contribution in [-0.2, 0) is 22.1 Å². The van der Waals surface area contributed by atoms with Crippen LogP contribution in [0, 0.1) is 5.92 Å². The fraction of sp³-hybridized carbons (Fsp3) is 0.458. The van der Waals surface area contributed by atoms with E-state index < -0.39 is 17.7 Å². The lowest BCUT2D eigenvalue weighted by Crippen LogP contribution is -2.61. The van der Waals surface area contributed by atoms with Gasteiger partial charge < -0.3 is 24.6 Å². The van der Waals surface area contributed by atoms with Crippen LogP contribution >= 0.6 is 0 Å². The summed E-state index contributed by atoms with van der Waals surface area (Å²) in [5.74, 6) is 0.0837. The van der Waals surface area contributed by atoms with E-state index in [9.17, 15) is 18.0 Å². The third-order valence-electron chi connectivity index (χ3n) is 6.41. The molecule has 0 saturated carbocycles. The highest BCUT2D eigenvalue weighted by Crippen LogP contribution is 2.41. The molecule has 4 rings (SSSR count). The number of hydrogen-bond acceptors (Lipinski definition) is 5. The number of anilines is 2. The number of carbonyl (C=O) groups excluding carboxylic acids is 1. The van der Waals surface area contributed by atoms with Crippen molar-refractivity contribution >= 4 is 17.3 Å². The van der Waals surface area contributed by atoms with E-state index in [0.717, 1.165) is 23.2 Å². The number of rotatable bonds is 6. The van der Waals surface area contributed by atoms with E-state index in [2.05, 4.69) is 15.1 Å². The van der Waals surface area contributed by atoms with E-state index in [1.165, 1.54) is 6.07 Å². The van der Waals surface area contributed by atoms with Gasteiger partial charge in [0.1, 0.15) is 5.75 Å². The molecule has 2 aromatic carbocycles. The van der Waals surface area contributed by atoms with Crippen LogP contribution in [-0.4, -0.2) is 59.0 Å². The maximum Gasteiger partial charge on any atom is 0.416 e. The second-order valence-corrected chi connectivity index (χ2v) is 8.31. The maximum atomic E-state index is 13.3. The van der Waals surface area contributed by atoms with Crippen LogP contribution in [0.5, 0.6) is 5.75 Å². The molecular formula is C24H28F3N3O3. The summed E-state index contributed by atoms with van der Waals surface area (Å²) in [5, 5.41) is 2.88. The minimum Gasteiger partial charge on any atom is -0.495 e. The molecule has 1 amide bonds. The van der Waals surface area contributed by atoms with Crippen LogP contribution in [0.15, 0.2) is 42.5 Å². The average molecular weight is 464 g/mol. The molecule has 0 aliphatic carbocycles. The number of methoxy groups -OCH3 is 2. The van der Waals surface area contributed by atoms with Crippen LogP contribution in [0.2, 0.25) is 0 Å². The number of nitrogens with zero attached hydrogens (tertiary/aromatic N) is 2. The number of ether oxygens (including phenoxy) is 2. The second kappa shape index (κ2) is 9.51. The Hall–Kier alpha value is -2.94. The molecule has 2 atom stereocenters. The van der Waals surface area contributed by atoms with Crippen LogP contribution in [0.25, 0.3) is 0 Å². The molecule has 2 aromatic rings. The molecule has 0 radical (unpaired) electrons. The highest BCUT2D eigenvalue weighted by Gasteiger charge is 2.43. The zero-order valence-electron chi connectivity index (χ0n) is 18.7. The molecule has 0 spiro atoms. The van der Waals surface area contributed by atoms with Crippen LogP contribution in [0.3, 0.4) is 0 Å². The van der Waals surface area contributed by atoms with Crippen molar-refractivity contribution in [2.24, 2.45) is 5.92 Å². The second-order valence-electron chi connectivity index (χ2n) is 8.31. The SMILES string of the molecule is COCCNC(=O)[C@H]1Cc2cc(C(F)(F)F)ccc2N2CCN(c3ccccc3OC)C[C@H]12. The number of carbonyl (C=O) groups is 1. The van der Waals surface area contributed by atoms with Crippen molar-refractivity contribution in [2.45, 2.75) is 18.6 Å². The highest BCUT2D eigenvalue weighted by molar-refractivity contribution is 5.82. The Morgan fingerprint density at radius 1 is 1.12 bits per heavy atom.